The molecule has 1 atom stereocenters. The molecule has 0 spiro atoms. The minimum absolute atomic E-state index is 0.0518. The Morgan fingerprint density at radius 1 is 1.53 bits per heavy atom. The van der Waals surface area contributed by atoms with Gasteiger partial charge in [-0.2, -0.15) is 5.10 Å². The molecule has 2 aliphatic rings. The van der Waals surface area contributed by atoms with Gasteiger partial charge in [-0.3, -0.25) is 0 Å². The second-order valence-electron chi connectivity index (χ2n) is 4.89. The van der Waals surface area contributed by atoms with Gasteiger partial charge in [-0.1, -0.05) is 6.92 Å². The van der Waals surface area contributed by atoms with Crippen LogP contribution < -0.4 is 5.73 Å². The second kappa shape index (κ2) is 3.04. The molecule has 1 aromatic heterocycles. The number of hydrogen-bond acceptors (Lipinski definition) is 3. The van der Waals surface area contributed by atoms with Crippen molar-refractivity contribution in [1.29, 1.82) is 0 Å². The molecule has 3 rings (SSSR count). The largest absolute Gasteiger partial charge is 0.324 e. The van der Waals surface area contributed by atoms with E-state index in [4.69, 9.17) is 5.73 Å². The Hall–Kier alpha value is -0.900. The first-order chi connectivity index (χ1) is 7.23. The van der Waals surface area contributed by atoms with Gasteiger partial charge in [0.05, 0.1) is 0 Å². The van der Waals surface area contributed by atoms with E-state index >= 15 is 0 Å². The molecule has 0 aromatic carbocycles. The maximum absolute atomic E-state index is 6.31. The molecule has 82 valence electrons. The Labute approximate surface area is 89.9 Å². The van der Waals surface area contributed by atoms with Crippen LogP contribution in [0, 0.1) is 0 Å². The standard InChI is InChI=1S/C11H18N4/c1-2-9-13-10-8(11(12)5-6-11)4-3-7-15(10)14-9/h8H,2-7,12H2,1H3. The van der Waals surface area contributed by atoms with E-state index in [1.807, 2.05) is 0 Å². The first kappa shape index (κ1) is 9.33. The van der Waals surface area contributed by atoms with Crippen molar-refractivity contribution in [2.45, 2.75) is 57.0 Å². The zero-order valence-corrected chi connectivity index (χ0v) is 9.24. The van der Waals surface area contributed by atoms with Gasteiger partial charge in [-0.25, -0.2) is 9.67 Å². The summed E-state index contributed by atoms with van der Waals surface area (Å²) in [6.45, 7) is 3.13. The Kier molecular flexibility index (Phi) is 1.89. The van der Waals surface area contributed by atoms with Crippen LogP contribution in [0.15, 0.2) is 0 Å². The molecule has 0 amide bonds. The fraction of sp³-hybridized carbons (Fsp3) is 0.818. The van der Waals surface area contributed by atoms with Crippen molar-refractivity contribution in [3.63, 3.8) is 0 Å². The fourth-order valence-electron chi connectivity index (χ4n) is 2.59. The van der Waals surface area contributed by atoms with Crippen molar-refractivity contribution < 1.29 is 0 Å². The summed E-state index contributed by atoms with van der Waals surface area (Å²) in [6, 6.07) is 0. The Bertz CT molecular complexity index is 378. The van der Waals surface area contributed by atoms with Crippen LogP contribution in [0.2, 0.25) is 0 Å². The topological polar surface area (TPSA) is 56.7 Å². The van der Waals surface area contributed by atoms with E-state index < -0.39 is 0 Å². The third kappa shape index (κ3) is 1.39. The summed E-state index contributed by atoms with van der Waals surface area (Å²) in [7, 11) is 0. The number of rotatable bonds is 2. The van der Waals surface area contributed by atoms with Crippen LogP contribution in [0.5, 0.6) is 0 Å². The van der Waals surface area contributed by atoms with Gasteiger partial charge < -0.3 is 5.73 Å². The van der Waals surface area contributed by atoms with Gasteiger partial charge in [0.25, 0.3) is 0 Å². The number of nitrogens with two attached hydrogens (primary N) is 1. The summed E-state index contributed by atoms with van der Waals surface area (Å²) in [5.74, 6) is 2.58. The molecule has 4 heteroatoms. The van der Waals surface area contributed by atoms with Crippen LogP contribution in [0.25, 0.3) is 0 Å². The maximum atomic E-state index is 6.31. The van der Waals surface area contributed by atoms with Crippen molar-refractivity contribution in [1.82, 2.24) is 14.8 Å². The molecule has 1 aliphatic heterocycles. The summed E-state index contributed by atoms with van der Waals surface area (Å²) in [6.07, 6.45) is 5.63. The minimum Gasteiger partial charge on any atom is -0.324 e. The van der Waals surface area contributed by atoms with Gasteiger partial charge in [0, 0.05) is 24.4 Å². The fourth-order valence-corrected chi connectivity index (χ4v) is 2.59. The van der Waals surface area contributed by atoms with Gasteiger partial charge in [0.15, 0.2) is 5.82 Å². The van der Waals surface area contributed by atoms with Crippen molar-refractivity contribution in [3.8, 4) is 0 Å². The quantitative estimate of drug-likeness (QED) is 0.791. The maximum Gasteiger partial charge on any atom is 0.150 e. The van der Waals surface area contributed by atoms with Gasteiger partial charge in [-0.15, -0.1) is 0 Å². The first-order valence-corrected chi connectivity index (χ1v) is 5.95. The van der Waals surface area contributed by atoms with Crippen LogP contribution in [0.1, 0.15) is 50.2 Å². The lowest BCUT2D eigenvalue weighted by Gasteiger charge is -2.26. The van der Waals surface area contributed by atoms with Crippen LogP contribution in [0.3, 0.4) is 0 Å². The van der Waals surface area contributed by atoms with Crippen LogP contribution in [-0.2, 0) is 13.0 Å². The molecule has 2 N–H and O–H groups in total. The zero-order chi connectivity index (χ0) is 10.5. The zero-order valence-electron chi connectivity index (χ0n) is 9.24. The molecule has 15 heavy (non-hydrogen) atoms. The summed E-state index contributed by atoms with van der Waals surface area (Å²) in [5, 5.41) is 4.51. The average molecular weight is 206 g/mol. The normalized spacial score (nSPS) is 27.5. The third-order valence-corrected chi connectivity index (χ3v) is 3.76. The molecule has 0 radical (unpaired) electrons. The van der Waals surface area contributed by atoms with Crippen molar-refractivity contribution in [3.05, 3.63) is 11.6 Å². The average Bonchev–Trinajstić information content (AvgIpc) is 2.85. The Morgan fingerprint density at radius 3 is 3.00 bits per heavy atom. The SMILES string of the molecule is CCc1nc2n(n1)CCCC2C1(N)CC1. The number of hydrogen-bond donors (Lipinski definition) is 1. The van der Waals surface area contributed by atoms with Crippen molar-refractivity contribution in [2.75, 3.05) is 0 Å². The number of nitrogens with zero attached hydrogens (tertiary/aromatic N) is 3. The molecule has 0 bridgehead atoms. The lowest BCUT2D eigenvalue weighted by Crippen LogP contribution is -2.35. The summed E-state index contributed by atoms with van der Waals surface area (Å²) >= 11 is 0. The van der Waals surface area contributed by atoms with E-state index in [0.29, 0.717) is 5.92 Å². The highest BCUT2D eigenvalue weighted by atomic mass is 15.4. The molecule has 2 heterocycles. The minimum atomic E-state index is 0.0518. The van der Waals surface area contributed by atoms with E-state index in [1.165, 1.54) is 12.8 Å². The van der Waals surface area contributed by atoms with Crippen molar-refractivity contribution >= 4 is 0 Å². The summed E-state index contributed by atoms with van der Waals surface area (Å²) in [5.41, 5.74) is 6.36. The number of fused-ring (bicyclic) bond motifs is 1. The van der Waals surface area contributed by atoms with Crippen LogP contribution in [0.4, 0.5) is 0 Å². The smallest absolute Gasteiger partial charge is 0.150 e. The Balaban J connectivity index is 1.98. The number of aryl methyl sites for hydroxylation is 2. The highest BCUT2D eigenvalue weighted by Crippen LogP contribution is 2.48. The van der Waals surface area contributed by atoms with Gasteiger partial charge in [0.2, 0.25) is 0 Å². The molecule has 1 fully saturated rings. The summed E-state index contributed by atoms with van der Waals surface area (Å²) in [4.78, 5) is 4.63. The molecular formula is C11H18N4. The van der Waals surface area contributed by atoms with E-state index in [2.05, 4.69) is 21.7 Å². The molecule has 1 unspecified atom stereocenters. The Morgan fingerprint density at radius 2 is 2.33 bits per heavy atom. The predicted molar refractivity (Wildman–Crippen MR) is 57.5 cm³/mol. The summed E-state index contributed by atoms with van der Waals surface area (Å²) < 4.78 is 2.08. The van der Waals surface area contributed by atoms with Crippen LogP contribution >= 0.6 is 0 Å². The van der Waals surface area contributed by atoms with E-state index in [-0.39, 0.29) is 5.54 Å². The highest BCUT2D eigenvalue weighted by molar-refractivity contribution is 5.18. The van der Waals surface area contributed by atoms with Gasteiger partial charge in [-0.05, 0) is 25.7 Å². The third-order valence-electron chi connectivity index (χ3n) is 3.76. The molecule has 1 aromatic rings. The first-order valence-electron chi connectivity index (χ1n) is 5.95. The molecule has 0 saturated heterocycles. The van der Waals surface area contributed by atoms with Crippen molar-refractivity contribution in [2.24, 2.45) is 5.73 Å². The van der Waals surface area contributed by atoms with Gasteiger partial charge >= 0.3 is 0 Å². The lowest BCUT2D eigenvalue weighted by atomic mass is 9.90. The molecule has 1 saturated carbocycles. The number of aromatic nitrogens is 3. The van der Waals surface area contributed by atoms with E-state index in [0.717, 1.165) is 37.5 Å². The molecule has 1 aliphatic carbocycles. The van der Waals surface area contributed by atoms with E-state index in [9.17, 15) is 0 Å². The monoisotopic (exact) mass is 206 g/mol. The van der Waals surface area contributed by atoms with Crippen LogP contribution in [-0.4, -0.2) is 20.3 Å². The van der Waals surface area contributed by atoms with Gasteiger partial charge in [0.1, 0.15) is 5.82 Å². The lowest BCUT2D eigenvalue weighted by molar-refractivity contribution is 0.362. The molecule has 4 nitrogen and oxygen atoms in total. The molecular weight excluding hydrogens is 188 g/mol. The van der Waals surface area contributed by atoms with E-state index in [1.54, 1.807) is 0 Å². The highest BCUT2D eigenvalue weighted by Gasteiger charge is 2.48. The predicted octanol–water partition coefficient (Wildman–Crippen LogP) is 1.21. The second-order valence-corrected chi connectivity index (χ2v) is 4.89.